The van der Waals surface area contributed by atoms with Gasteiger partial charge in [-0.2, -0.15) is 0 Å². The number of anilines is 1. The van der Waals surface area contributed by atoms with E-state index in [0.717, 1.165) is 31.2 Å². The summed E-state index contributed by atoms with van der Waals surface area (Å²) in [6, 6.07) is 4.94. The Balaban J connectivity index is 2.00. The van der Waals surface area contributed by atoms with Gasteiger partial charge in [0.25, 0.3) is 0 Å². The van der Waals surface area contributed by atoms with Crippen LogP contribution in [0.3, 0.4) is 0 Å². The first-order valence-electron chi connectivity index (χ1n) is 7.09. The van der Waals surface area contributed by atoms with E-state index in [1.807, 2.05) is 6.92 Å². The van der Waals surface area contributed by atoms with Gasteiger partial charge in [0.05, 0.1) is 4.90 Å². The Labute approximate surface area is 121 Å². The van der Waals surface area contributed by atoms with Crippen molar-refractivity contribution in [3.8, 4) is 0 Å². The average Bonchev–Trinajstić information content (AvgIpc) is 2.91. The lowest BCUT2D eigenvalue weighted by Gasteiger charge is -2.09. The van der Waals surface area contributed by atoms with Crippen LogP contribution in [0.5, 0.6) is 0 Å². The quantitative estimate of drug-likeness (QED) is 0.626. The van der Waals surface area contributed by atoms with Crippen LogP contribution in [-0.2, 0) is 16.4 Å². The molecular weight excluding hydrogens is 272 g/mol. The molecule has 1 aliphatic carbocycles. The van der Waals surface area contributed by atoms with Crippen molar-refractivity contribution < 1.29 is 8.42 Å². The minimum absolute atomic E-state index is 0.243. The smallest absolute Gasteiger partial charge is 0.240 e. The van der Waals surface area contributed by atoms with Crippen molar-refractivity contribution >= 4 is 15.7 Å². The van der Waals surface area contributed by atoms with Crippen molar-refractivity contribution in [2.24, 2.45) is 0 Å². The van der Waals surface area contributed by atoms with E-state index in [2.05, 4.69) is 10.8 Å². The summed E-state index contributed by atoms with van der Waals surface area (Å²) in [6.07, 6.45) is 7.21. The van der Waals surface area contributed by atoms with Crippen LogP contribution in [0.4, 0.5) is 5.69 Å². The van der Waals surface area contributed by atoms with Crippen LogP contribution in [-0.4, -0.2) is 15.0 Å². The highest BCUT2D eigenvalue weighted by Crippen LogP contribution is 2.21. The van der Waals surface area contributed by atoms with Crippen molar-refractivity contribution in [2.45, 2.75) is 43.9 Å². The first kappa shape index (κ1) is 15.1. The molecule has 0 aliphatic heterocycles. The molecule has 0 amide bonds. The van der Waals surface area contributed by atoms with Crippen molar-refractivity contribution in [1.29, 1.82) is 0 Å². The molecule has 0 radical (unpaired) electrons. The molecule has 3 N–H and O–H groups in total. The molecule has 1 aliphatic rings. The molecule has 4 nitrogen and oxygen atoms in total. The highest BCUT2D eigenvalue weighted by atomic mass is 32.2. The van der Waals surface area contributed by atoms with Crippen LogP contribution < -0.4 is 10.5 Å². The fourth-order valence-corrected chi connectivity index (χ4v) is 3.52. The molecule has 5 heteroatoms. The van der Waals surface area contributed by atoms with Gasteiger partial charge in [-0.1, -0.05) is 24.6 Å². The summed E-state index contributed by atoms with van der Waals surface area (Å²) >= 11 is 0. The number of benzene rings is 1. The van der Waals surface area contributed by atoms with E-state index in [1.54, 1.807) is 12.1 Å². The van der Waals surface area contributed by atoms with Crippen molar-refractivity contribution in [1.82, 2.24) is 4.72 Å². The summed E-state index contributed by atoms with van der Waals surface area (Å²) < 4.78 is 27.0. The highest BCUT2D eigenvalue weighted by molar-refractivity contribution is 7.89. The predicted molar refractivity (Wildman–Crippen MR) is 82.0 cm³/mol. The fourth-order valence-electron chi connectivity index (χ4n) is 2.46. The number of hydrogen-bond donors (Lipinski definition) is 2. The highest BCUT2D eigenvalue weighted by Gasteiger charge is 2.15. The van der Waals surface area contributed by atoms with Crippen LogP contribution in [0.15, 0.2) is 34.7 Å². The number of nitrogens with two attached hydrogens (primary N) is 1. The number of aryl methyl sites for hydroxylation is 1. The van der Waals surface area contributed by atoms with Gasteiger partial charge in [-0.05, 0) is 49.8 Å². The van der Waals surface area contributed by atoms with Crippen molar-refractivity contribution in [3.63, 3.8) is 0 Å². The summed E-state index contributed by atoms with van der Waals surface area (Å²) in [5.41, 5.74) is 8.72. The summed E-state index contributed by atoms with van der Waals surface area (Å²) in [6.45, 7) is 2.44. The fraction of sp³-hybridized carbons (Fsp3) is 0.467. The lowest BCUT2D eigenvalue weighted by atomic mass is 10.1. The summed E-state index contributed by atoms with van der Waals surface area (Å²) in [5.74, 6) is 0. The SMILES string of the molecule is CCc1ccc(S(=O)(=O)NCCC2=CCCC2)cc1N. The normalized spacial score (nSPS) is 15.3. The standard InChI is InChI=1S/C15H22N2O2S/c1-2-13-7-8-14(11-15(13)16)20(18,19)17-10-9-12-5-3-4-6-12/h5,7-8,11,17H,2-4,6,9-10,16H2,1H3. The molecule has 1 aromatic carbocycles. The largest absolute Gasteiger partial charge is 0.398 e. The number of nitrogen functional groups attached to an aromatic ring is 1. The number of hydrogen-bond acceptors (Lipinski definition) is 3. The second-order valence-electron chi connectivity index (χ2n) is 5.12. The first-order valence-corrected chi connectivity index (χ1v) is 8.57. The Hall–Kier alpha value is -1.33. The van der Waals surface area contributed by atoms with Crippen LogP contribution in [0.1, 0.15) is 38.2 Å². The van der Waals surface area contributed by atoms with E-state index >= 15 is 0 Å². The van der Waals surface area contributed by atoms with E-state index in [-0.39, 0.29) is 4.90 Å². The van der Waals surface area contributed by atoms with Gasteiger partial charge < -0.3 is 5.73 Å². The zero-order valence-electron chi connectivity index (χ0n) is 11.9. The summed E-state index contributed by atoms with van der Waals surface area (Å²) in [4.78, 5) is 0.243. The molecule has 0 aromatic heterocycles. The minimum atomic E-state index is -3.46. The van der Waals surface area contributed by atoms with Crippen molar-refractivity contribution in [3.05, 3.63) is 35.4 Å². The van der Waals surface area contributed by atoms with Gasteiger partial charge in [0.2, 0.25) is 10.0 Å². The topological polar surface area (TPSA) is 72.2 Å². The average molecular weight is 294 g/mol. The molecule has 20 heavy (non-hydrogen) atoms. The molecule has 0 saturated heterocycles. The second-order valence-corrected chi connectivity index (χ2v) is 6.88. The zero-order valence-corrected chi connectivity index (χ0v) is 12.7. The number of sulfonamides is 1. The Kier molecular flexibility index (Phi) is 4.83. The van der Waals surface area contributed by atoms with E-state index in [9.17, 15) is 8.42 Å². The molecule has 0 heterocycles. The van der Waals surface area contributed by atoms with E-state index in [0.29, 0.717) is 12.2 Å². The van der Waals surface area contributed by atoms with Gasteiger partial charge in [-0.3, -0.25) is 0 Å². The zero-order chi connectivity index (χ0) is 14.6. The third-order valence-corrected chi connectivity index (χ3v) is 5.14. The molecule has 0 bridgehead atoms. The molecule has 0 unspecified atom stereocenters. The van der Waals surface area contributed by atoms with Crippen LogP contribution in [0.25, 0.3) is 0 Å². The Morgan fingerprint density at radius 3 is 2.75 bits per heavy atom. The van der Waals surface area contributed by atoms with Crippen molar-refractivity contribution in [2.75, 3.05) is 12.3 Å². The Bertz CT molecular complexity index is 606. The number of rotatable bonds is 6. The van der Waals surface area contributed by atoms with Crippen LogP contribution >= 0.6 is 0 Å². The van der Waals surface area contributed by atoms with E-state index < -0.39 is 10.0 Å². The van der Waals surface area contributed by atoms with E-state index in [4.69, 9.17) is 5.73 Å². The number of nitrogens with one attached hydrogen (secondary N) is 1. The predicted octanol–water partition coefficient (Wildman–Crippen LogP) is 2.61. The molecule has 1 aromatic rings. The van der Waals surface area contributed by atoms with Gasteiger partial charge in [0, 0.05) is 12.2 Å². The van der Waals surface area contributed by atoms with Crippen LogP contribution in [0, 0.1) is 0 Å². The van der Waals surface area contributed by atoms with Crippen LogP contribution in [0.2, 0.25) is 0 Å². The lowest BCUT2D eigenvalue weighted by molar-refractivity contribution is 0.581. The van der Waals surface area contributed by atoms with Gasteiger partial charge in [0.15, 0.2) is 0 Å². The van der Waals surface area contributed by atoms with Gasteiger partial charge in [0.1, 0.15) is 0 Å². The first-order chi connectivity index (χ1) is 9.53. The molecular formula is C15H22N2O2S. The molecule has 0 atom stereocenters. The maximum atomic E-state index is 12.2. The maximum absolute atomic E-state index is 12.2. The molecule has 2 rings (SSSR count). The van der Waals surface area contributed by atoms with Gasteiger partial charge >= 0.3 is 0 Å². The Morgan fingerprint density at radius 2 is 2.15 bits per heavy atom. The molecule has 0 fully saturated rings. The minimum Gasteiger partial charge on any atom is -0.398 e. The van der Waals surface area contributed by atoms with Gasteiger partial charge in [-0.15, -0.1) is 0 Å². The molecule has 0 saturated carbocycles. The third-order valence-electron chi connectivity index (χ3n) is 3.68. The van der Waals surface area contributed by atoms with Gasteiger partial charge in [-0.25, -0.2) is 13.1 Å². The lowest BCUT2D eigenvalue weighted by Crippen LogP contribution is -2.25. The number of allylic oxidation sites excluding steroid dienone is 1. The Morgan fingerprint density at radius 1 is 1.35 bits per heavy atom. The maximum Gasteiger partial charge on any atom is 0.240 e. The monoisotopic (exact) mass is 294 g/mol. The molecule has 110 valence electrons. The summed E-state index contributed by atoms with van der Waals surface area (Å²) in [5, 5.41) is 0. The second kappa shape index (κ2) is 6.41. The summed E-state index contributed by atoms with van der Waals surface area (Å²) in [7, 11) is -3.46. The third kappa shape index (κ3) is 3.61. The molecule has 0 spiro atoms. The van der Waals surface area contributed by atoms with E-state index in [1.165, 1.54) is 18.1 Å².